The highest BCUT2D eigenvalue weighted by Crippen LogP contribution is 2.37. The highest BCUT2D eigenvalue weighted by atomic mass is 35.5. The number of benzene rings is 2. The molecule has 0 saturated heterocycles. The summed E-state index contributed by atoms with van der Waals surface area (Å²) in [7, 11) is 1.37. The van der Waals surface area contributed by atoms with Crippen LogP contribution in [0.2, 0.25) is 10.0 Å². The Morgan fingerprint density at radius 1 is 1.18 bits per heavy atom. The maximum atomic E-state index is 11.6. The highest BCUT2D eigenvalue weighted by molar-refractivity contribution is 6.42. The van der Waals surface area contributed by atoms with Crippen LogP contribution >= 0.6 is 23.2 Å². The first-order valence-electron chi connectivity index (χ1n) is 6.91. The average Bonchev–Trinajstić information content (AvgIpc) is 2.55. The van der Waals surface area contributed by atoms with Crippen molar-refractivity contribution in [2.24, 2.45) is 0 Å². The van der Waals surface area contributed by atoms with Gasteiger partial charge in [0.1, 0.15) is 11.9 Å². The molecule has 3 rings (SSSR count). The number of aryl methyl sites for hydroxylation is 1. The van der Waals surface area contributed by atoms with E-state index in [0.29, 0.717) is 15.6 Å². The number of carbonyl (C=O) groups excluding carboxylic acids is 1. The zero-order chi connectivity index (χ0) is 15.7. The van der Waals surface area contributed by atoms with E-state index < -0.39 is 0 Å². The summed E-state index contributed by atoms with van der Waals surface area (Å²) in [5, 5.41) is 1.05. The fourth-order valence-corrected chi connectivity index (χ4v) is 2.89. The number of fused-ring (bicyclic) bond motifs is 1. The molecule has 1 aliphatic rings. The summed E-state index contributed by atoms with van der Waals surface area (Å²) in [6.07, 6.45) is 1.58. The van der Waals surface area contributed by atoms with Gasteiger partial charge in [-0.1, -0.05) is 29.3 Å². The predicted octanol–water partition coefficient (Wildman–Crippen LogP) is 4.85. The van der Waals surface area contributed by atoms with Gasteiger partial charge in [-0.2, -0.15) is 0 Å². The molecule has 0 bridgehead atoms. The Morgan fingerprint density at radius 3 is 2.73 bits per heavy atom. The molecule has 0 fully saturated rings. The minimum absolute atomic E-state index is 0.0637. The second-order valence-corrected chi connectivity index (χ2v) is 5.95. The summed E-state index contributed by atoms with van der Waals surface area (Å²) >= 11 is 12.0. The Morgan fingerprint density at radius 2 is 2.00 bits per heavy atom. The van der Waals surface area contributed by atoms with Crippen molar-refractivity contribution in [2.75, 3.05) is 7.11 Å². The first-order chi connectivity index (χ1) is 10.6. The minimum Gasteiger partial charge on any atom is -0.485 e. The van der Waals surface area contributed by atoms with Crippen LogP contribution in [0, 0.1) is 0 Å². The van der Waals surface area contributed by atoms with Gasteiger partial charge in [0.05, 0.1) is 22.7 Å². The van der Waals surface area contributed by atoms with Crippen molar-refractivity contribution in [2.45, 2.75) is 18.9 Å². The molecule has 3 nitrogen and oxygen atoms in total. The standard InChI is InChI=1S/C17H14Cl2O3/c1-21-17(20)12-4-7-15-10(8-12)3-6-16(22-15)11-2-5-13(18)14(19)9-11/h2,4-5,7-9,16H,3,6H2,1H3. The number of carbonyl (C=O) groups is 1. The zero-order valence-corrected chi connectivity index (χ0v) is 13.4. The highest BCUT2D eigenvalue weighted by Gasteiger charge is 2.23. The summed E-state index contributed by atoms with van der Waals surface area (Å²) in [5.74, 6) is 0.449. The van der Waals surface area contributed by atoms with E-state index in [-0.39, 0.29) is 12.1 Å². The van der Waals surface area contributed by atoms with E-state index in [1.54, 1.807) is 12.1 Å². The van der Waals surface area contributed by atoms with E-state index in [9.17, 15) is 4.79 Å². The number of esters is 1. The lowest BCUT2D eigenvalue weighted by Crippen LogP contribution is -2.16. The molecular weight excluding hydrogens is 323 g/mol. The second-order valence-electron chi connectivity index (χ2n) is 5.13. The molecule has 0 radical (unpaired) electrons. The quantitative estimate of drug-likeness (QED) is 0.735. The first-order valence-corrected chi connectivity index (χ1v) is 7.67. The lowest BCUT2D eigenvalue weighted by Gasteiger charge is -2.27. The van der Waals surface area contributed by atoms with Crippen molar-refractivity contribution in [1.82, 2.24) is 0 Å². The molecular formula is C17H14Cl2O3. The van der Waals surface area contributed by atoms with Gasteiger partial charge < -0.3 is 9.47 Å². The number of hydrogen-bond donors (Lipinski definition) is 0. The Labute approximate surface area is 138 Å². The van der Waals surface area contributed by atoms with Crippen LogP contribution in [0.4, 0.5) is 0 Å². The topological polar surface area (TPSA) is 35.5 Å². The SMILES string of the molecule is COC(=O)c1ccc2c(c1)CCC(c1ccc(Cl)c(Cl)c1)O2. The van der Waals surface area contributed by atoms with Gasteiger partial charge in [-0.3, -0.25) is 0 Å². The van der Waals surface area contributed by atoms with Gasteiger partial charge in [0.15, 0.2) is 0 Å². The van der Waals surface area contributed by atoms with E-state index >= 15 is 0 Å². The van der Waals surface area contributed by atoms with Gasteiger partial charge in [0.25, 0.3) is 0 Å². The van der Waals surface area contributed by atoms with Gasteiger partial charge >= 0.3 is 5.97 Å². The van der Waals surface area contributed by atoms with Crippen LogP contribution in [-0.2, 0) is 11.2 Å². The smallest absolute Gasteiger partial charge is 0.337 e. The van der Waals surface area contributed by atoms with Gasteiger partial charge in [-0.15, -0.1) is 0 Å². The molecule has 0 spiro atoms. The van der Waals surface area contributed by atoms with Crippen LogP contribution < -0.4 is 4.74 Å². The fourth-order valence-electron chi connectivity index (χ4n) is 2.58. The molecule has 5 heteroatoms. The van der Waals surface area contributed by atoms with Crippen molar-refractivity contribution < 1.29 is 14.3 Å². The van der Waals surface area contributed by atoms with E-state index in [1.165, 1.54) is 7.11 Å². The Balaban J connectivity index is 1.84. The largest absolute Gasteiger partial charge is 0.485 e. The first kappa shape index (κ1) is 15.2. The minimum atomic E-state index is -0.339. The normalized spacial score (nSPS) is 16.6. The maximum absolute atomic E-state index is 11.6. The number of methoxy groups -OCH3 is 1. The zero-order valence-electron chi connectivity index (χ0n) is 11.9. The van der Waals surface area contributed by atoms with Gasteiger partial charge in [0.2, 0.25) is 0 Å². The molecule has 0 amide bonds. The lowest BCUT2D eigenvalue weighted by atomic mass is 9.96. The molecule has 1 atom stereocenters. The molecule has 22 heavy (non-hydrogen) atoms. The Hall–Kier alpha value is -1.71. The van der Waals surface area contributed by atoms with Crippen LogP contribution in [-0.4, -0.2) is 13.1 Å². The maximum Gasteiger partial charge on any atom is 0.337 e. The van der Waals surface area contributed by atoms with Crippen molar-refractivity contribution in [3.63, 3.8) is 0 Å². The lowest BCUT2D eigenvalue weighted by molar-refractivity contribution is 0.0600. The summed E-state index contributed by atoms with van der Waals surface area (Å²) < 4.78 is 10.8. The summed E-state index contributed by atoms with van der Waals surface area (Å²) in [5.41, 5.74) is 2.55. The Bertz CT molecular complexity index is 728. The number of halogens is 2. The van der Waals surface area contributed by atoms with E-state index in [2.05, 4.69) is 0 Å². The van der Waals surface area contributed by atoms with Gasteiger partial charge in [0, 0.05) is 0 Å². The molecule has 0 saturated carbocycles. The molecule has 2 aromatic rings. The number of rotatable bonds is 2. The van der Waals surface area contributed by atoms with Crippen molar-refractivity contribution in [3.05, 3.63) is 63.1 Å². The van der Waals surface area contributed by atoms with Crippen LogP contribution in [0.1, 0.15) is 34.0 Å². The van der Waals surface area contributed by atoms with E-state index in [0.717, 1.165) is 29.7 Å². The van der Waals surface area contributed by atoms with Crippen LogP contribution in [0.25, 0.3) is 0 Å². The summed E-state index contributed by atoms with van der Waals surface area (Å²) in [6.45, 7) is 0. The van der Waals surface area contributed by atoms with Crippen LogP contribution in [0.5, 0.6) is 5.75 Å². The van der Waals surface area contributed by atoms with Gasteiger partial charge in [-0.05, 0) is 54.3 Å². The van der Waals surface area contributed by atoms with Crippen molar-refractivity contribution >= 4 is 29.2 Å². The molecule has 1 aliphatic heterocycles. The van der Waals surface area contributed by atoms with Crippen LogP contribution in [0.3, 0.4) is 0 Å². The molecule has 0 N–H and O–H groups in total. The van der Waals surface area contributed by atoms with Gasteiger partial charge in [-0.25, -0.2) is 4.79 Å². The monoisotopic (exact) mass is 336 g/mol. The predicted molar refractivity (Wildman–Crippen MR) is 85.9 cm³/mol. The van der Waals surface area contributed by atoms with E-state index in [1.807, 2.05) is 24.3 Å². The van der Waals surface area contributed by atoms with Crippen molar-refractivity contribution in [1.29, 1.82) is 0 Å². The summed E-state index contributed by atoms with van der Waals surface area (Å²) in [6, 6.07) is 10.9. The third kappa shape index (κ3) is 2.92. The average molecular weight is 337 g/mol. The van der Waals surface area contributed by atoms with E-state index in [4.69, 9.17) is 32.7 Å². The molecule has 0 aliphatic carbocycles. The molecule has 0 aromatic heterocycles. The molecule has 1 unspecified atom stereocenters. The fraction of sp³-hybridized carbons (Fsp3) is 0.235. The Kier molecular flexibility index (Phi) is 4.27. The third-order valence-corrected chi connectivity index (χ3v) is 4.48. The third-order valence-electron chi connectivity index (χ3n) is 3.74. The second kappa shape index (κ2) is 6.19. The molecule has 1 heterocycles. The van der Waals surface area contributed by atoms with Crippen molar-refractivity contribution in [3.8, 4) is 5.75 Å². The molecule has 114 valence electrons. The number of hydrogen-bond acceptors (Lipinski definition) is 3. The summed E-state index contributed by atoms with van der Waals surface area (Å²) in [4.78, 5) is 11.6. The van der Waals surface area contributed by atoms with Crippen LogP contribution in [0.15, 0.2) is 36.4 Å². The molecule has 2 aromatic carbocycles. The number of ether oxygens (including phenoxy) is 2.